The summed E-state index contributed by atoms with van der Waals surface area (Å²) in [5, 5.41) is 0. The van der Waals surface area contributed by atoms with Crippen molar-refractivity contribution in [3.63, 3.8) is 0 Å². The van der Waals surface area contributed by atoms with E-state index in [1.807, 2.05) is 60.7 Å². The molecule has 0 unspecified atom stereocenters. The zero-order chi connectivity index (χ0) is 23.5. The number of rotatable bonds is 6. The molecule has 0 N–H and O–H groups in total. The number of esters is 1. The zero-order valence-corrected chi connectivity index (χ0v) is 19.0. The number of hydrogen-bond donors (Lipinski definition) is 0. The molecule has 3 aromatic carbocycles. The van der Waals surface area contributed by atoms with E-state index in [1.165, 1.54) is 0 Å². The fourth-order valence-corrected chi connectivity index (χ4v) is 5.04. The summed E-state index contributed by atoms with van der Waals surface area (Å²) in [7, 11) is 0. The summed E-state index contributed by atoms with van der Waals surface area (Å²) in [6.07, 6.45) is 1.70. The Bertz CT molecular complexity index is 1270. The summed E-state index contributed by atoms with van der Waals surface area (Å²) >= 11 is 0. The van der Waals surface area contributed by atoms with Crippen LogP contribution in [0.3, 0.4) is 0 Å². The van der Waals surface area contributed by atoms with Crippen molar-refractivity contribution in [2.24, 2.45) is 5.92 Å². The zero-order valence-electron chi connectivity index (χ0n) is 19.0. The average molecular weight is 451 g/mol. The van der Waals surface area contributed by atoms with Gasteiger partial charge < -0.3 is 13.9 Å². The van der Waals surface area contributed by atoms with Crippen molar-refractivity contribution in [1.82, 2.24) is 0 Å². The van der Waals surface area contributed by atoms with Gasteiger partial charge in [-0.2, -0.15) is 0 Å². The van der Waals surface area contributed by atoms with E-state index in [9.17, 15) is 9.59 Å². The van der Waals surface area contributed by atoms with Crippen molar-refractivity contribution >= 4 is 12.3 Å². The second-order valence-electron chi connectivity index (χ2n) is 8.61. The van der Waals surface area contributed by atoms with Gasteiger partial charge in [-0.15, -0.1) is 0 Å². The summed E-state index contributed by atoms with van der Waals surface area (Å²) in [6, 6.07) is 29.7. The van der Waals surface area contributed by atoms with Crippen LogP contribution in [0.4, 0.5) is 0 Å². The molecule has 0 fully saturated rings. The number of furan rings is 1. The fraction of sp³-hybridized carbons (Fsp3) is 0.200. The van der Waals surface area contributed by atoms with Crippen molar-refractivity contribution in [1.29, 1.82) is 0 Å². The van der Waals surface area contributed by atoms with Crippen LogP contribution in [-0.2, 0) is 16.0 Å². The molecule has 0 amide bonds. The second-order valence-corrected chi connectivity index (χ2v) is 8.61. The van der Waals surface area contributed by atoms with Gasteiger partial charge in [0.1, 0.15) is 17.8 Å². The van der Waals surface area contributed by atoms with E-state index in [-0.39, 0.29) is 23.7 Å². The fourth-order valence-electron chi connectivity index (χ4n) is 5.04. The Morgan fingerprint density at radius 1 is 0.941 bits per heavy atom. The summed E-state index contributed by atoms with van der Waals surface area (Å²) in [6.45, 7) is 2.12. The highest BCUT2D eigenvalue weighted by Crippen LogP contribution is 2.49. The summed E-state index contributed by atoms with van der Waals surface area (Å²) in [4.78, 5) is 24.7. The second kappa shape index (κ2) is 9.52. The first kappa shape index (κ1) is 21.9. The lowest BCUT2D eigenvalue weighted by molar-refractivity contribution is -0.112. The van der Waals surface area contributed by atoms with E-state index in [0.29, 0.717) is 18.6 Å². The molecule has 0 saturated carbocycles. The van der Waals surface area contributed by atoms with E-state index in [1.54, 1.807) is 19.1 Å². The van der Waals surface area contributed by atoms with Crippen LogP contribution in [0.2, 0.25) is 0 Å². The topological polar surface area (TPSA) is 56.5 Å². The molecule has 4 nitrogen and oxygen atoms in total. The van der Waals surface area contributed by atoms with Gasteiger partial charge in [-0.25, -0.2) is 4.79 Å². The molecular weight excluding hydrogens is 424 g/mol. The third-order valence-electron chi connectivity index (χ3n) is 6.66. The van der Waals surface area contributed by atoms with Crippen molar-refractivity contribution in [3.8, 4) is 11.3 Å². The van der Waals surface area contributed by atoms with Gasteiger partial charge in [0.05, 0.1) is 12.2 Å². The molecule has 4 aromatic rings. The molecule has 0 aliphatic heterocycles. The first-order valence-corrected chi connectivity index (χ1v) is 11.6. The molecule has 3 atom stereocenters. The predicted molar refractivity (Wildman–Crippen MR) is 131 cm³/mol. The number of ether oxygens (including phenoxy) is 1. The first-order valence-electron chi connectivity index (χ1n) is 11.6. The molecule has 34 heavy (non-hydrogen) atoms. The molecule has 0 radical (unpaired) electrons. The highest BCUT2D eigenvalue weighted by Gasteiger charge is 2.40. The minimum atomic E-state index is -0.340. The molecule has 1 aromatic heterocycles. The van der Waals surface area contributed by atoms with Gasteiger partial charge in [0.15, 0.2) is 0 Å². The van der Waals surface area contributed by atoms with E-state index in [2.05, 4.69) is 18.2 Å². The number of carbonyl (C=O) groups is 2. The molecular formula is C30H26O4. The Kier molecular flexibility index (Phi) is 6.13. The number of benzene rings is 3. The maximum absolute atomic E-state index is 12.6. The Morgan fingerprint density at radius 2 is 1.62 bits per heavy atom. The minimum Gasteiger partial charge on any atom is -0.462 e. The predicted octanol–water partition coefficient (Wildman–Crippen LogP) is 6.41. The summed E-state index contributed by atoms with van der Waals surface area (Å²) < 4.78 is 11.5. The Morgan fingerprint density at radius 3 is 2.26 bits per heavy atom. The van der Waals surface area contributed by atoms with E-state index in [0.717, 1.165) is 40.1 Å². The molecule has 0 bridgehead atoms. The summed E-state index contributed by atoms with van der Waals surface area (Å²) in [5.74, 6) is 0.941. The van der Waals surface area contributed by atoms with Crippen molar-refractivity contribution in [3.05, 3.63) is 119 Å². The maximum Gasteiger partial charge on any atom is 0.338 e. The van der Waals surface area contributed by atoms with Gasteiger partial charge in [0.2, 0.25) is 0 Å². The monoisotopic (exact) mass is 450 g/mol. The van der Waals surface area contributed by atoms with Gasteiger partial charge in [-0.1, -0.05) is 72.8 Å². The third-order valence-corrected chi connectivity index (χ3v) is 6.66. The minimum absolute atomic E-state index is 0.0683. The smallest absolute Gasteiger partial charge is 0.338 e. The summed E-state index contributed by atoms with van der Waals surface area (Å²) in [5.41, 5.74) is 4.69. The Labute approximate surface area is 199 Å². The lowest BCUT2D eigenvalue weighted by Crippen LogP contribution is -2.29. The van der Waals surface area contributed by atoms with Gasteiger partial charge in [-0.05, 0) is 36.2 Å². The number of aldehydes is 1. The van der Waals surface area contributed by atoms with E-state index >= 15 is 0 Å². The number of fused-ring (bicyclic) bond motifs is 1. The molecule has 4 heteroatoms. The van der Waals surface area contributed by atoms with Crippen LogP contribution in [0.1, 0.15) is 51.6 Å². The standard InChI is InChI=1S/C30H26O4/c1-2-33-30(32)23-15-13-20(14-16-23)24-17-28-25(18-27(34-28)21-9-5-3-6-10-21)29(26(24)19-31)22-11-7-4-8-12-22/h3-16,18-19,24,26,29H,2,17H2,1H3/t24-,26-,29-/m1/s1. The van der Waals surface area contributed by atoms with Crippen LogP contribution in [-0.4, -0.2) is 18.9 Å². The molecule has 5 rings (SSSR count). The Balaban J connectivity index is 1.58. The normalized spacial score (nSPS) is 19.3. The number of carbonyl (C=O) groups excluding carboxylic acids is 2. The third kappa shape index (κ3) is 4.08. The quantitative estimate of drug-likeness (QED) is 0.252. The van der Waals surface area contributed by atoms with Crippen molar-refractivity contribution < 1.29 is 18.7 Å². The maximum atomic E-state index is 12.6. The van der Waals surface area contributed by atoms with Gasteiger partial charge >= 0.3 is 5.97 Å². The van der Waals surface area contributed by atoms with Crippen molar-refractivity contribution in [2.45, 2.75) is 25.2 Å². The van der Waals surface area contributed by atoms with Crippen LogP contribution in [0, 0.1) is 5.92 Å². The first-order chi connectivity index (χ1) is 16.7. The molecule has 1 aliphatic carbocycles. The number of hydrogen-bond acceptors (Lipinski definition) is 4. The van der Waals surface area contributed by atoms with Crippen LogP contribution < -0.4 is 0 Å². The van der Waals surface area contributed by atoms with Crippen molar-refractivity contribution in [2.75, 3.05) is 6.61 Å². The largest absolute Gasteiger partial charge is 0.462 e. The average Bonchev–Trinajstić information content (AvgIpc) is 3.33. The van der Waals surface area contributed by atoms with E-state index in [4.69, 9.17) is 9.15 Å². The molecule has 0 saturated heterocycles. The van der Waals surface area contributed by atoms with Crippen LogP contribution in [0.5, 0.6) is 0 Å². The van der Waals surface area contributed by atoms with Gasteiger partial charge in [-0.3, -0.25) is 0 Å². The van der Waals surface area contributed by atoms with Crippen LogP contribution in [0.25, 0.3) is 11.3 Å². The van der Waals surface area contributed by atoms with Gasteiger partial charge in [0.25, 0.3) is 0 Å². The SMILES string of the molecule is CCOC(=O)c1ccc([C@H]2Cc3oc(-c4ccccc4)cc3[C@@H](c3ccccc3)[C@@H]2C=O)cc1. The highest BCUT2D eigenvalue weighted by atomic mass is 16.5. The lowest BCUT2D eigenvalue weighted by Gasteiger charge is -2.35. The van der Waals surface area contributed by atoms with Crippen LogP contribution in [0.15, 0.2) is 95.4 Å². The van der Waals surface area contributed by atoms with Gasteiger partial charge in [0, 0.05) is 35.3 Å². The Hall–Kier alpha value is -3.92. The molecule has 1 heterocycles. The highest BCUT2D eigenvalue weighted by molar-refractivity contribution is 5.89. The molecule has 0 spiro atoms. The lowest BCUT2D eigenvalue weighted by atomic mass is 9.67. The molecule has 1 aliphatic rings. The van der Waals surface area contributed by atoms with E-state index < -0.39 is 0 Å². The van der Waals surface area contributed by atoms with Crippen LogP contribution >= 0.6 is 0 Å². The molecule has 170 valence electrons.